The maximum atomic E-state index is 11.7. The fraction of sp³-hybridized carbons (Fsp3) is 0. The summed E-state index contributed by atoms with van der Waals surface area (Å²) in [6.45, 7) is 0. The van der Waals surface area contributed by atoms with Gasteiger partial charge in [-0.1, -0.05) is 52.3 Å². The lowest BCUT2D eigenvalue weighted by molar-refractivity contribution is 0.105. The van der Waals surface area contributed by atoms with E-state index in [9.17, 15) is 4.79 Å². The fourth-order valence-electron chi connectivity index (χ4n) is 1.69. The first-order chi connectivity index (χ1) is 8.24. The van der Waals surface area contributed by atoms with E-state index in [2.05, 4.69) is 21.9 Å². The van der Waals surface area contributed by atoms with Gasteiger partial charge in [-0.2, -0.15) is 0 Å². The van der Waals surface area contributed by atoms with Crippen molar-refractivity contribution in [2.75, 3.05) is 0 Å². The Morgan fingerprint density at radius 2 is 1.76 bits per heavy atom. The summed E-state index contributed by atoms with van der Waals surface area (Å²) in [6.07, 6.45) is 5.19. The van der Waals surface area contributed by atoms with Gasteiger partial charge in [0.2, 0.25) is 5.78 Å². The maximum absolute atomic E-state index is 11.7. The molecule has 0 aliphatic carbocycles. The normalized spacial score (nSPS) is 9.65. The zero-order valence-electron chi connectivity index (χ0n) is 8.98. The first-order valence-electron chi connectivity index (χ1n) is 5.09. The molecule has 0 heterocycles. The molecule has 0 radical (unpaired) electrons. The summed E-state index contributed by atoms with van der Waals surface area (Å²) in [5, 5.41) is 0. The summed E-state index contributed by atoms with van der Waals surface area (Å²) in [7, 11) is 0. The van der Waals surface area contributed by atoms with Gasteiger partial charge in [-0.15, -0.1) is 6.42 Å². The van der Waals surface area contributed by atoms with E-state index in [1.54, 1.807) is 12.1 Å². The average molecular weight is 285 g/mol. The van der Waals surface area contributed by atoms with Crippen LogP contribution in [0.3, 0.4) is 0 Å². The van der Waals surface area contributed by atoms with Crippen LogP contribution in [0.25, 0.3) is 11.1 Å². The quantitative estimate of drug-likeness (QED) is 0.464. The third kappa shape index (κ3) is 2.30. The minimum absolute atomic E-state index is 0.301. The molecule has 1 nitrogen and oxygen atoms in total. The number of halogens is 1. The molecule has 0 aliphatic rings. The van der Waals surface area contributed by atoms with Gasteiger partial charge in [0.15, 0.2) is 0 Å². The van der Waals surface area contributed by atoms with E-state index < -0.39 is 0 Å². The van der Waals surface area contributed by atoms with Crippen LogP contribution in [0.4, 0.5) is 0 Å². The molecule has 0 fully saturated rings. The number of hydrogen-bond donors (Lipinski definition) is 0. The molecule has 0 saturated carbocycles. The largest absolute Gasteiger partial charge is 0.279 e. The van der Waals surface area contributed by atoms with Gasteiger partial charge in [-0.3, -0.25) is 4.79 Å². The Balaban J connectivity index is 2.69. The van der Waals surface area contributed by atoms with E-state index >= 15 is 0 Å². The average Bonchev–Trinajstić information content (AvgIpc) is 2.38. The van der Waals surface area contributed by atoms with Crippen molar-refractivity contribution in [3.8, 4) is 23.5 Å². The third-order valence-electron chi connectivity index (χ3n) is 2.45. The van der Waals surface area contributed by atoms with Gasteiger partial charge >= 0.3 is 0 Å². The van der Waals surface area contributed by atoms with Crippen LogP contribution in [-0.2, 0) is 0 Å². The van der Waals surface area contributed by atoms with Crippen molar-refractivity contribution < 1.29 is 4.79 Å². The SMILES string of the molecule is C#CC(=O)c1cccc(Br)c1-c1ccccc1. The Labute approximate surface area is 109 Å². The molecule has 2 rings (SSSR count). The number of terminal acetylenes is 1. The molecule has 2 heteroatoms. The van der Waals surface area contributed by atoms with Crippen LogP contribution < -0.4 is 0 Å². The Kier molecular flexibility index (Phi) is 3.41. The summed E-state index contributed by atoms with van der Waals surface area (Å²) in [5.41, 5.74) is 2.36. The molecular weight excluding hydrogens is 276 g/mol. The number of rotatable bonds is 2. The highest BCUT2D eigenvalue weighted by atomic mass is 79.9. The molecule has 0 amide bonds. The van der Waals surface area contributed by atoms with E-state index in [0.29, 0.717) is 5.56 Å². The first kappa shape index (κ1) is 11.6. The van der Waals surface area contributed by atoms with Gasteiger partial charge in [0, 0.05) is 15.6 Å². The van der Waals surface area contributed by atoms with Crippen molar-refractivity contribution in [1.29, 1.82) is 0 Å². The molecule has 82 valence electrons. The van der Waals surface area contributed by atoms with Crippen LogP contribution in [0, 0.1) is 12.3 Å². The van der Waals surface area contributed by atoms with E-state index in [1.165, 1.54) is 0 Å². The molecule has 0 N–H and O–H groups in total. The maximum Gasteiger partial charge on any atom is 0.236 e. The Bertz CT molecular complexity index is 594. The first-order valence-corrected chi connectivity index (χ1v) is 5.88. The fourth-order valence-corrected chi connectivity index (χ4v) is 2.28. The molecule has 0 bridgehead atoms. The minimum atomic E-state index is -0.301. The minimum Gasteiger partial charge on any atom is -0.279 e. The van der Waals surface area contributed by atoms with Gasteiger partial charge in [-0.25, -0.2) is 0 Å². The molecule has 0 atom stereocenters. The highest BCUT2D eigenvalue weighted by Gasteiger charge is 2.13. The monoisotopic (exact) mass is 284 g/mol. The third-order valence-corrected chi connectivity index (χ3v) is 3.11. The van der Waals surface area contributed by atoms with Gasteiger partial charge in [-0.05, 0) is 23.6 Å². The smallest absolute Gasteiger partial charge is 0.236 e. The molecule has 0 unspecified atom stereocenters. The van der Waals surface area contributed by atoms with Crippen LogP contribution in [-0.4, -0.2) is 5.78 Å². The van der Waals surface area contributed by atoms with Gasteiger partial charge in [0.05, 0.1) is 0 Å². The zero-order valence-corrected chi connectivity index (χ0v) is 10.6. The summed E-state index contributed by atoms with van der Waals surface area (Å²) >= 11 is 3.46. The Morgan fingerprint density at radius 3 is 2.41 bits per heavy atom. The molecule has 0 spiro atoms. The number of carbonyl (C=O) groups is 1. The van der Waals surface area contributed by atoms with Crippen molar-refractivity contribution >= 4 is 21.7 Å². The number of ketones is 1. The molecule has 0 saturated heterocycles. The van der Waals surface area contributed by atoms with Gasteiger partial charge < -0.3 is 0 Å². The molecule has 0 aliphatic heterocycles. The number of benzene rings is 2. The predicted octanol–water partition coefficient (Wildman–Crippen LogP) is 3.93. The highest BCUT2D eigenvalue weighted by Crippen LogP contribution is 2.31. The van der Waals surface area contributed by atoms with Crippen LogP contribution in [0.5, 0.6) is 0 Å². The number of Topliss-reactive ketones (excluding diaryl/α,β-unsaturated/α-hetero) is 1. The van der Waals surface area contributed by atoms with Crippen molar-refractivity contribution in [2.45, 2.75) is 0 Å². The van der Waals surface area contributed by atoms with Crippen molar-refractivity contribution in [3.63, 3.8) is 0 Å². The van der Waals surface area contributed by atoms with Crippen molar-refractivity contribution in [3.05, 3.63) is 58.6 Å². The molecule has 2 aromatic rings. The Morgan fingerprint density at radius 1 is 1.06 bits per heavy atom. The molecular formula is C15H9BrO. The van der Waals surface area contributed by atoms with Gasteiger partial charge in [0.25, 0.3) is 0 Å². The van der Waals surface area contributed by atoms with E-state index in [1.807, 2.05) is 36.4 Å². The summed E-state index contributed by atoms with van der Waals surface area (Å²) in [6, 6.07) is 15.1. The highest BCUT2D eigenvalue weighted by molar-refractivity contribution is 9.10. The lowest BCUT2D eigenvalue weighted by atomic mass is 9.97. The van der Waals surface area contributed by atoms with Crippen LogP contribution in [0.2, 0.25) is 0 Å². The summed E-state index contributed by atoms with van der Waals surface area (Å²) in [5.74, 6) is 1.86. The Hall–Kier alpha value is -1.85. The van der Waals surface area contributed by atoms with E-state index in [-0.39, 0.29) is 5.78 Å². The summed E-state index contributed by atoms with van der Waals surface area (Å²) in [4.78, 5) is 11.7. The lowest BCUT2D eigenvalue weighted by Gasteiger charge is -2.08. The second kappa shape index (κ2) is 4.99. The van der Waals surface area contributed by atoms with Crippen molar-refractivity contribution in [1.82, 2.24) is 0 Å². The second-order valence-electron chi connectivity index (χ2n) is 3.50. The van der Waals surface area contributed by atoms with Crippen LogP contribution in [0.15, 0.2) is 53.0 Å². The lowest BCUT2D eigenvalue weighted by Crippen LogP contribution is -1.98. The van der Waals surface area contributed by atoms with Gasteiger partial charge in [0.1, 0.15) is 0 Å². The van der Waals surface area contributed by atoms with E-state index in [4.69, 9.17) is 6.42 Å². The molecule has 17 heavy (non-hydrogen) atoms. The zero-order chi connectivity index (χ0) is 12.3. The topological polar surface area (TPSA) is 17.1 Å². The standard InChI is InChI=1S/C15H9BrO/c1-2-14(17)12-9-6-10-13(16)15(12)11-7-4-3-5-8-11/h1,3-10H. The van der Waals surface area contributed by atoms with Crippen LogP contribution >= 0.6 is 15.9 Å². The van der Waals surface area contributed by atoms with Crippen LogP contribution in [0.1, 0.15) is 10.4 Å². The summed E-state index contributed by atoms with van der Waals surface area (Å²) < 4.78 is 0.866. The van der Waals surface area contributed by atoms with Crippen molar-refractivity contribution in [2.24, 2.45) is 0 Å². The molecule has 2 aromatic carbocycles. The predicted molar refractivity (Wildman–Crippen MR) is 72.7 cm³/mol. The number of carbonyl (C=O) groups excluding carboxylic acids is 1. The van der Waals surface area contributed by atoms with E-state index in [0.717, 1.165) is 15.6 Å². The molecule has 0 aromatic heterocycles. The second-order valence-corrected chi connectivity index (χ2v) is 4.36. The number of hydrogen-bond acceptors (Lipinski definition) is 1.